The third-order valence-electron chi connectivity index (χ3n) is 5.11. The average Bonchev–Trinajstić information content (AvgIpc) is 3.24. The average molecular weight is 291 g/mol. The van der Waals surface area contributed by atoms with Gasteiger partial charge in [0.1, 0.15) is 0 Å². The second-order valence-electron chi connectivity index (χ2n) is 6.54. The Bertz CT molecular complexity index is 652. The van der Waals surface area contributed by atoms with E-state index in [9.17, 15) is 4.79 Å². The monoisotopic (exact) mass is 291 g/mol. The lowest BCUT2D eigenvalue weighted by molar-refractivity contribution is -0.131. The molecule has 4 rings (SSSR count). The van der Waals surface area contributed by atoms with Gasteiger partial charge in [-0.25, -0.2) is 0 Å². The SMILES string of the molecule is O=C([C@@H]1C[C@H]1c1ccccc1)N1CC[C@H](c2ccccc2)C1. The standard InChI is InChI=1S/C20H21NO/c22-20(19-13-18(19)16-9-5-2-6-10-16)21-12-11-17(14-21)15-7-3-1-4-8-15/h1-10,17-19H,11-14H2/t17-,18-,19+/m0/s1. The first-order chi connectivity index (χ1) is 10.8. The summed E-state index contributed by atoms with van der Waals surface area (Å²) in [5.74, 6) is 1.55. The highest BCUT2D eigenvalue weighted by Crippen LogP contribution is 2.49. The lowest BCUT2D eigenvalue weighted by Crippen LogP contribution is -2.30. The highest BCUT2D eigenvalue weighted by Gasteiger charge is 2.46. The van der Waals surface area contributed by atoms with E-state index in [0.717, 1.165) is 25.9 Å². The Morgan fingerprint density at radius 1 is 0.909 bits per heavy atom. The van der Waals surface area contributed by atoms with Crippen molar-refractivity contribution in [2.75, 3.05) is 13.1 Å². The van der Waals surface area contributed by atoms with Crippen LogP contribution in [0.3, 0.4) is 0 Å². The first kappa shape index (κ1) is 13.6. The molecular formula is C20H21NO. The number of rotatable bonds is 3. The lowest BCUT2D eigenvalue weighted by Gasteiger charge is -2.17. The highest BCUT2D eigenvalue weighted by atomic mass is 16.2. The molecule has 2 aromatic rings. The Balaban J connectivity index is 1.39. The molecule has 2 heteroatoms. The first-order valence-corrected chi connectivity index (χ1v) is 8.21. The number of likely N-dealkylation sites (tertiary alicyclic amines) is 1. The number of hydrogen-bond donors (Lipinski definition) is 0. The predicted molar refractivity (Wildman–Crippen MR) is 87.7 cm³/mol. The van der Waals surface area contributed by atoms with Crippen LogP contribution in [0.25, 0.3) is 0 Å². The molecule has 3 atom stereocenters. The zero-order valence-corrected chi connectivity index (χ0v) is 12.7. The van der Waals surface area contributed by atoms with Crippen molar-refractivity contribution in [2.24, 2.45) is 5.92 Å². The number of carbonyl (C=O) groups is 1. The fourth-order valence-corrected chi connectivity index (χ4v) is 3.73. The molecule has 2 aliphatic rings. The lowest BCUT2D eigenvalue weighted by atomic mass is 9.99. The van der Waals surface area contributed by atoms with Gasteiger partial charge in [0, 0.05) is 24.9 Å². The van der Waals surface area contributed by atoms with Crippen LogP contribution in [0.2, 0.25) is 0 Å². The normalized spacial score (nSPS) is 26.9. The van der Waals surface area contributed by atoms with Crippen LogP contribution < -0.4 is 0 Å². The molecular weight excluding hydrogens is 270 g/mol. The van der Waals surface area contributed by atoms with E-state index in [1.807, 2.05) is 6.07 Å². The number of hydrogen-bond acceptors (Lipinski definition) is 1. The Morgan fingerprint density at radius 3 is 2.23 bits per heavy atom. The molecule has 1 aliphatic heterocycles. The second kappa shape index (κ2) is 5.60. The maximum Gasteiger partial charge on any atom is 0.226 e. The second-order valence-corrected chi connectivity index (χ2v) is 6.54. The van der Waals surface area contributed by atoms with Crippen molar-refractivity contribution >= 4 is 5.91 Å². The zero-order chi connectivity index (χ0) is 14.9. The maximum absolute atomic E-state index is 12.7. The minimum atomic E-state index is 0.219. The molecule has 1 aliphatic carbocycles. The van der Waals surface area contributed by atoms with E-state index in [2.05, 4.69) is 59.5 Å². The maximum atomic E-state index is 12.7. The van der Waals surface area contributed by atoms with Gasteiger partial charge in [-0.1, -0.05) is 60.7 Å². The smallest absolute Gasteiger partial charge is 0.226 e. The van der Waals surface area contributed by atoms with Gasteiger partial charge in [-0.2, -0.15) is 0 Å². The van der Waals surface area contributed by atoms with Gasteiger partial charge in [0.25, 0.3) is 0 Å². The molecule has 1 saturated carbocycles. The van der Waals surface area contributed by atoms with Crippen LogP contribution in [0, 0.1) is 5.92 Å². The van der Waals surface area contributed by atoms with Crippen molar-refractivity contribution in [3.05, 3.63) is 71.8 Å². The van der Waals surface area contributed by atoms with E-state index in [1.165, 1.54) is 11.1 Å². The van der Waals surface area contributed by atoms with Gasteiger partial charge in [0.2, 0.25) is 5.91 Å². The van der Waals surface area contributed by atoms with Crippen LogP contribution >= 0.6 is 0 Å². The molecule has 1 heterocycles. The number of amides is 1. The third kappa shape index (κ3) is 2.54. The van der Waals surface area contributed by atoms with E-state index in [1.54, 1.807) is 0 Å². The Kier molecular flexibility index (Phi) is 3.45. The molecule has 112 valence electrons. The number of benzene rings is 2. The molecule has 22 heavy (non-hydrogen) atoms. The van der Waals surface area contributed by atoms with Gasteiger partial charge < -0.3 is 4.90 Å². The van der Waals surface area contributed by atoms with Crippen LogP contribution in [0.5, 0.6) is 0 Å². The Labute approximate surface area is 131 Å². The van der Waals surface area contributed by atoms with Crippen LogP contribution in [0.4, 0.5) is 0 Å². The van der Waals surface area contributed by atoms with E-state index in [0.29, 0.717) is 17.7 Å². The van der Waals surface area contributed by atoms with Crippen LogP contribution in [-0.2, 0) is 4.79 Å². The summed E-state index contributed by atoms with van der Waals surface area (Å²) in [6.07, 6.45) is 2.12. The fraction of sp³-hybridized carbons (Fsp3) is 0.350. The largest absolute Gasteiger partial charge is 0.342 e. The minimum absolute atomic E-state index is 0.219. The molecule has 2 fully saturated rings. The summed E-state index contributed by atoms with van der Waals surface area (Å²) < 4.78 is 0. The topological polar surface area (TPSA) is 20.3 Å². The van der Waals surface area contributed by atoms with Crippen molar-refractivity contribution in [3.63, 3.8) is 0 Å². The molecule has 2 nitrogen and oxygen atoms in total. The summed E-state index contributed by atoms with van der Waals surface area (Å²) in [6.45, 7) is 1.80. The van der Waals surface area contributed by atoms with Crippen molar-refractivity contribution < 1.29 is 4.79 Å². The van der Waals surface area contributed by atoms with E-state index < -0.39 is 0 Å². The molecule has 1 saturated heterocycles. The minimum Gasteiger partial charge on any atom is -0.342 e. The Hall–Kier alpha value is -2.09. The summed E-state index contributed by atoms with van der Waals surface area (Å²) in [4.78, 5) is 14.8. The van der Waals surface area contributed by atoms with Crippen molar-refractivity contribution in [3.8, 4) is 0 Å². The van der Waals surface area contributed by atoms with Gasteiger partial charge >= 0.3 is 0 Å². The van der Waals surface area contributed by atoms with Crippen LogP contribution in [-0.4, -0.2) is 23.9 Å². The Morgan fingerprint density at radius 2 is 1.55 bits per heavy atom. The summed E-state index contributed by atoms with van der Waals surface area (Å²) in [5, 5.41) is 0. The summed E-state index contributed by atoms with van der Waals surface area (Å²) in [5.41, 5.74) is 2.69. The van der Waals surface area contributed by atoms with Gasteiger partial charge in [0.05, 0.1) is 0 Å². The van der Waals surface area contributed by atoms with Crippen LogP contribution in [0.1, 0.15) is 35.8 Å². The zero-order valence-electron chi connectivity index (χ0n) is 12.7. The molecule has 0 aromatic heterocycles. The van der Waals surface area contributed by atoms with Gasteiger partial charge in [-0.15, -0.1) is 0 Å². The molecule has 0 radical (unpaired) electrons. The molecule has 0 unspecified atom stereocenters. The van der Waals surface area contributed by atoms with Crippen molar-refractivity contribution in [1.29, 1.82) is 0 Å². The molecule has 0 N–H and O–H groups in total. The first-order valence-electron chi connectivity index (χ1n) is 8.21. The quantitative estimate of drug-likeness (QED) is 0.842. The van der Waals surface area contributed by atoms with Crippen molar-refractivity contribution in [1.82, 2.24) is 4.90 Å². The highest BCUT2D eigenvalue weighted by molar-refractivity contribution is 5.83. The van der Waals surface area contributed by atoms with Crippen LogP contribution in [0.15, 0.2) is 60.7 Å². The molecule has 2 aromatic carbocycles. The number of nitrogens with zero attached hydrogens (tertiary/aromatic N) is 1. The fourth-order valence-electron chi connectivity index (χ4n) is 3.73. The van der Waals surface area contributed by atoms with Crippen molar-refractivity contribution in [2.45, 2.75) is 24.7 Å². The predicted octanol–water partition coefficient (Wildman–Crippen LogP) is 3.81. The van der Waals surface area contributed by atoms with Gasteiger partial charge in [-0.3, -0.25) is 4.79 Å². The number of carbonyl (C=O) groups excluding carboxylic acids is 1. The summed E-state index contributed by atoms with van der Waals surface area (Å²) in [6, 6.07) is 21.1. The van der Waals surface area contributed by atoms with Gasteiger partial charge in [0.15, 0.2) is 0 Å². The summed E-state index contributed by atoms with van der Waals surface area (Å²) >= 11 is 0. The molecule has 0 bridgehead atoms. The van der Waals surface area contributed by atoms with E-state index >= 15 is 0 Å². The van der Waals surface area contributed by atoms with E-state index in [4.69, 9.17) is 0 Å². The van der Waals surface area contributed by atoms with E-state index in [-0.39, 0.29) is 5.92 Å². The third-order valence-corrected chi connectivity index (χ3v) is 5.11. The summed E-state index contributed by atoms with van der Waals surface area (Å²) in [7, 11) is 0. The van der Waals surface area contributed by atoms with Gasteiger partial charge in [-0.05, 0) is 29.9 Å². The molecule has 1 amide bonds. The molecule has 0 spiro atoms.